The largest absolute Gasteiger partial charge is 0.395 e. The minimum atomic E-state index is -0.691. The van der Waals surface area contributed by atoms with Gasteiger partial charge in [-0.05, 0) is 13.0 Å². The number of halogens is 1. The molecule has 0 unspecified atom stereocenters. The highest BCUT2D eigenvalue weighted by Gasteiger charge is 2.24. The van der Waals surface area contributed by atoms with Crippen molar-refractivity contribution in [2.45, 2.75) is 6.92 Å². The minimum absolute atomic E-state index is 0.00371. The van der Waals surface area contributed by atoms with E-state index in [-0.39, 0.29) is 23.9 Å². The van der Waals surface area contributed by atoms with Crippen molar-refractivity contribution >= 4 is 23.2 Å². The normalized spacial score (nSPS) is 10.2. The predicted molar refractivity (Wildman–Crippen MR) is 64.6 cm³/mol. The van der Waals surface area contributed by atoms with Gasteiger partial charge in [0.1, 0.15) is 16.9 Å². The monoisotopic (exact) mass is 273 g/mol. The Morgan fingerprint density at radius 3 is 2.83 bits per heavy atom. The second kappa shape index (κ2) is 6.27. The zero-order chi connectivity index (χ0) is 13.7. The highest BCUT2D eigenvalue weighted by Crippen LogP contribution is 2.21. The van der Waals surface area contributed by atoms with Gasteiger partial charge in [-0.1, -0.05) is 11.6 Å². The Bertz CT molecular complexity index is 466. The number of aliphatic hydroxyl groups excluding tert-OH is 1. The van der Waals surface area contributed by atoms with Crippen LogP contribution in [0.3, 0.4) is 0 Å². The van der Waals surface area contributed by atoms with Crippen molar-refractivity contribution in [3.63, 3.8) is 0 Å². The second-order valence-electron chi connectivity index (χ2n) is 3.39. The number of carbonyl (C=O) groups excluding carboxylic acids is 1. The highest BCUT2D eigenvalue weighted by molar-refractivity contribution is 6.29. The second-order valence-corrected chi connectivity index (χ2v) is 3.78. The molecule has 1 aromatic rings. The molecule has 0 fully saturated rings. The molecule has 0 aromatic carbocycles. The van der Waals surface area contributed by atoms with Crippen LogP contribution in [0.4, 0.5) is 5.69 Å². The lowest BCUT2D eigenvalue weighted by Gasteiger charge is -2.19. The number of nitrogens with zero attached hydrogens (tertiary/aromatic N) is 3. The fraction of sp³-hybridized carbons (Fsp3) is 0.400. The molecule has 0 aliphatic carbocycles. The minimum Gasteiger partial charge on any atom is -0.395 e. The van der Waals surface area contributed by atoms with Crippen molar-refractivity contribution in [1.29, 1.82) is 0 Å². The van der Waals surface area contributed by atoms with Crippen LogP contribution < -0.4 is 0 Å². The van der Waals surface area contributed by atoms with Crippen LogP contribution in [0.1, 0.15) is 17.3 Å². The summed E-state index contributed by atoms with van der Waals surface area (Å²) in [5, 5.41) is 19.6. The molecule has 0 saturated heterocycles. The summed E-state index contributed by atoms with van der Waals surface area (Å²) in [7, 11) is 0. The van der Waals surface area contributed by atoms with Gasteiger partial charge in [0.15, 0.2) is 0 Å². The molecule has 18 heavy (non-hydrogen) atoms. The predicted octanol–water partition coefficient (Wildman–Crippen LogP) is 1.10. The van der Waals surface area contributed by atoms with E-state index in [2.05, 4.69) is 4.98 Å². The van der Waals surface area contributed by atoms with Gasteiger partial charge in [0.05, 0.1) is 11.5 Å². The van der Waals surface area contributed by atoms with E-state index in [0.717, 1.165) is 12.3 Å². The maximum atomic E-state index is 12.1. The lowest BCUT2D eigenvalue weighted by molar-refractivity contribution is -0.385. The van der Waals surface area contributed by atoms with E-state index in [1.165, 1.54) is 4.90 Å². The van der Waals surface area contributed by atoms with Gasteiger partial charge in [-0.2, -0.15) is 0 Å². The first kappa shape index (κ1) is 14.3. The van der Waals surface area contributed by atoms with Gasteiger partial charge in [-0.15, -0.1) is 0 Å². The standard InChI is InChI=1S/C10H12ClN3O4/c1-2-13(3-4-15)10(16)7-5-9(11)12-6-8(7)14(17)18/h5-6,15H,2-4H2,1H3. The summed E-state index contributed by atoms with van der Waals surface area (Å²) >= 11 is 5.64. The fourth-order valence-corrected chi connectivity index (χ4v) is 1.59. The van der Waals surface area contributed by atoms with Crippen LogP contribution in [-0.4, -0.2) is 45.5 Å². The van der Waals surface area contributed by atoms with Gasteiger partial charge < -0.3 is 10.0 Å². The molecular weight excluding hydrogens is 262 g/mol. The van der Waals surface area contributed by atoms with Crippen LogP contribution in [0.25, 0.3) is 0 Å². The molecule has 0 spiro atoms. The van der Waals surface area contributed by atoms with Crippen LogP contribution in [0, 0.1) is 10.1 Å². The number of hydrogen-bond donors (Lipinski definition) is 1. The van der Waals surface area contributed by atoms with E-state index in [1.54, 1.807) is 6.92 Å². The number of amides is 1. The quantitative estimate of drug-likeness (QED) is 0.492. The molecule has 0 saturated carbocycles. The summed E-state index contributed by atoms with van der Waals surface area (Å²) in [6, 6.07) is 1.15. The number of aliphatic hydroxyl groups is 1. The third kappa shape index (κ3) is 3.14. The van der Waals surface area contributed by atoms with E-state index < -0.39 is 16.5 Å². The molecule has 7 nitrogen and oxygen atoms in total. The first-order valence-corrected chi connectivity index (χ1v) is 5.59. The average Bonchev–Trinajstić information content (AvgIpc) is 2.34. The smallest absolute Gasteiger partial charge is 0.300 e. The Morgan fingerprint density at radius 1 is 1.67 bits per heavy atom. The molecule has 1 amide bonds. The van der Waals surface area contributed by atoms with E-state index in [4.69, 9.17) is 16.7 Å². The van der Waals surface area contributed by atoms with Gasteiger partial charge >= 0.3 is 0 Å². The van der Waals surface area contributed by atoms with Crippen LogP contribution in [0.5, 0.6) is 0 Å². The van der Waals surface area contributed by atoms with E-state index in [1.807, 2.05) is 0 Å². The molecule has 0 aliphatic rings. The molecule has 0 bridgehead atoms. The maximum Gasteiger partial charge on any atom is 0.300 e. The van der Waals surface area contributed by atoms with Crippen LogP contribution >= 0.6 is 11.6 Å². The number of aromatic nitrogens is 1. The summed E-state index contributed by atoms with van der Waals surface area (Å²) in [6.07, 6.45) is 0.947. The Labute approximate surface area is 108 Å². The van der Waals surface area contributed by atoms with Gasteiger partial charge in [-0.25, -0.2) is 4.98 Å². The third-order valence-corrected chi connectivity index (χ3v) is 2.52. The van der Waals surface area contributed by atoms with Crippen molar-refractivity contribution in [2.24, 2.45) is 0 Å². The van der Waals surface area contributed by atoms with E-state index >= 15 is 0 Å². The molecular formula is C10H12ClN3O4. The molecule has 0 atom stereocenters. The Kier molecular flexibility index (Phi) is 4.99. The number of pyridine rings is 1. The SMILES string of the molecule is CCN(CCO)C(=O)c1cc(Cl)ncc1[N+](=O)[O-]. The summed E-state index contributed by atoms with van der Waals surface area (Å²) in [5.41, 5.74) is -0.531. The molecule has 1 rings (SSSR count). The number of hydrogen-bond acceptors (Lipinski definition) is 5. The Morgan fingerprint density at radius 2 is 2.33 bits per heavy atom. The van der Waals surface area contributed by atoms with Gasteiger partial charge in [0, 0.05) is 13.1 Å². The lowest BCUT2D eigenvalue weighted by atomic mass is 10.2. The molecule has 0 aliphatic heterocycles. The maximum absolute atomic E-state index is 12.1. The number of carbonyl (C=O) groups is 1. The van der Waals surface area contributed by atoms with Gasteiger partial charge in [-0.3, -0.25) is 14.9 Å². The number of likely N-dealkylation sites (N-methyl/N-ethyl adjacent to an activating group) is 1. The van der Waals surface area contributed by atoms with Crippen molar-refractivity contribution in [3.8, 4) is 0 Å². The Balaban J connectivity index is 3.17. The summed E-state index contributed by atoms with van der Waals surface area (Å²) in [6.45, 7) is 1.93. The zero-order valence-corrected chi connectivity index (χ0v) is 10.4. The van der Waals surface area contributed by atoms with Crippen molar-refractivity contribution in [3.05, 3.63) is 33.1 Å². The summed E-state index contributed by atoms with van der Waals surface area (Å²) in [4.78, 5) is 27.1. The van der Waals surface area contributed by atoms with Crippen LogP contribution in [0.15, 0.2) is 12.3 Å². The molecule has 0 radical (unpaired) electrons. The summed E-state index contributed by atoms with van der Waals surface area (Å²) in [5.74, 6) is -0.553. The molecule has 1 N–H and O–H groups in total. The zero-order valence-electron chi connectivity index (χ0n) is 9.67. The van der Waals surface area contributed by atoms with Crippen molar-refractivity contribution in [1.82, 2.24) is 9.88 Å². The van der Waals surface area contributed by atoms with E-state index in [0.29, 0.717) is 6.54 Å². The van der Waals surface area contributed by atoms with Crippen LogP contribution in [-0.2, 0) is 0 Å². The Hall–Kier alpha value is -1.73. The fourth-order valence-electron chi connectivity index (χ4n) is 1.43. The van der Waals surface area contributed by atoms with Crippen molar-refractivity contribution < 1.29 is 14.8 Å². The number of rotatable bonds is 5. The average molecular weight is 274 g/mol. The first-order valence-electron chi connectivity index (χ1n) is 5.21. The number of nitro groups is 1. The molecule has 8 heteroatoms. The summed E-state index contributed by atoms with van der Waals surface area (Å²) < 4.78 is 0. The highest BCUT2D eigenvalue weighted by atomic mass is 35.5. The first-order chi connectivity index (χ1) is 8.51. The van der Waals surface area contributed by atoms with Crippen molar-refractivity contribution in [2.75, 3.05) is 19.7 Å². The van der Waals surface area contributed by atoms with Crippen LogP contribution in [0.2, 0.25) is 5.15 Å². The molecule has 1 aromatic heterocycles. The molecule has 98 valence electrons. The lowest BCUT2D eigenvalue weighted by Crippen LogP contribution is -2.33. The van der Waals surface area contributed by atoms with Gasteiger partial charge in [0.2, 0.25) is 0 Å². The van der Waals surface area contributed by atoms with E-state index in [9.17, 15) is 14.9 Å². The van der Waals surface area contributed by atoms with Gasteiger partial charge in [0.25, 0.3) is 11.6 Å². The topological polar surface area (TPSA) is 96.6 Å². The third-order valence-electron chi connectivity index (χ3n) is 2.32. The molecule has 1 heterocycles.